The molecule has 0 unspecified atom stereocenters. The zero-order valence-electron chi connectivity index (χ0n) is 20.3. The van der Waals surface area contributed by atoms with E-state index in [1.54, 1.807) is 5.57 Å². The van der Waals surface area contributed by atoms with Gasteiger partial charge in [-0.2, -0.15) is 0 Å². The van der Waals surface area contributed by atoms with Gasteiger partial charge in [-0.05, 0) is 91.3 Å². The van der Waals surface area contributed by atoms with E-state index in [-0.39, 0.29) is 6.10 Å². The summed E-state index contributed by atoms with van der Waals surface area (Å²) in [5.74, 6) is 5.32. The molecule has 2 nitrogen and oxygen atoms in total. The van der Waals surface area contributed by atoms with Crippen molar-refractivity contribution in [1.82, 2.24) is 0 Å². The monoisotopic (exact) mass is 414 g/mol. The van der Waals surface area contributed by atoms with Gasteiger partial charge in [0.05, 0.1) is 0 Å². The van der Waals surface area contributed by atoms with Crippen LogP contribution in [0.3, 0.4) is 0 Å². The van der Waals surface area contributed by atoms with Gasteiger partial charge in [0.25, 0.3) is 6.47 Å². The molecule has 4 aliphatic carbocycles. The van der Waals surface area contributed by atoms with E-state index in [2.05, 4.69) is 40.7 Å². The first-order valence-corrected chi connectivity index (χ1v) is 13.1. The number of hydrogen-bond acceptors (Lipinski definition) is 2. The summed E-state index contributed by atoms with van der Waals surface area (Å²) in [4.78, 5) is 10.8. The molecular formula is C28H46O2. The van der Waals surface area contributed by atoms with Crippen LogP contribution < -0.4 is 0 Å². The third-order valence-corrected chi connectivity index (χ3v) is 10.5. The highest BCUT2D eigenvalue weighted by atomic mass is 16.5. The Kier molecular flexibility index (Phi) is 6.44. The molecule has 0 aromatic heterocycles. The van der Waals surface area contributed by atoms with Crippen LogP contribution in [-0.2, 0) is 9.53 Å². The maximum atomic E-state index is 10.8. The fourth-order valence-electron chi connectivity index (χ4n) is 8.85. The number of fused-ring (bicyclic) bond motifs is 5. The van der Waals surface area contributed by atoms with E-state index in [1.165, 1.54) is 57.8 Å². The van der Waals surface area contributed by atoms with Gasteiger partial charge in [-0.1, -0.05) is 65.5 Å². The number of carbonyl (C=O) groups excluding carboxylic acids is 1. The predicted molar refractivity (Wildman–Crippen MR) is 124 cm³/mol. The average molecular weight is 415 g/mol. The maximum Gasteiger partial charge on any atom is 0.293 e. The lowest BCUT2D eigenvalue weighted by Crippen LogP contribution is -2.51. The van der Waals surface area contributed by atoms with Crippen LogP contribution >= 0.6 is 0 Å². The Balaban J connectivity index is 1.47. The molecule has 3 saturated carbocycles. The van der Waals surface area contributed by atoms with Crippen molar-refractivity contribution in [2.24, 2.45) is 46.3 Å². The Morgan fingerprint density at radius 3 is 2.60 bits per heavy atom. The van der Waals surface area contributed by atoms with Crippen molar-refractivity contribution in [2.45, 2.75) is 111 Å². The molecule has 2 heteroatoms. The molecule has 0 N–H and O–H groups in total. The number of rotatable bonds is 7. The van der Waals surface area contributed by atoms with Gasteiger partial charge < -0.3 is 4.74 Å². The molecule has 0 saturated heterocycles. The van der Waals surface area contributed by atoms with Crippen LogP contribution in [0.2, 0.25) is 0 Å². The minimum Gasteiger partial charge on any atom is -0.464 e. The van der Waals surface area contributed by atoms with Crippen molar-refractivity contribution in [1.29, 1.82) is 0 Å². The van der Waals surface area contributed by atoms with Gasteiger partial charge in [-0.25, -0.2) is 0 Å². The maximum absolute atomic E-state index is 10.8. The largest absolute Gasteiger partial charge is 0.464 e. The zero-order chi connectivity index (χ0) is 21.5. The van der Waals surface area contributed by atoms with Crippen LogP contribution in [0.15, 0.2) is 11.6 Å². The van der Waals surface area contributed by atoms with E-state index in [1.807, 2.05) is 0 Å². The van der Waals surface area contributed by atoms with Gasteiger partial charge in [0.1, 0.15) is 6.10 Å². The van der Waals surface area contributed by atoms with E-state index >= 15 is 0 Å². The minimum absolute atomic E-state index is 0.120. The van der Waals surface area contributed by atoms with Crippen molar-refractivity contribution in [3.63, 3.8) is 0 Å². The normalized spacial score (nSPS) is 43.9. The smallest absolute Gasteiger partial charge is 0.293 e. The Bertz CT molecular complexity index is 651. The quantitative estimate of drug-likeness (QED) is 0.317. The second kappa shape index (κ2) is 8.62. The van der Waals surface area contributed by atoms with Crippen LogP contribution in [0.1, 0.15) is 105 Å². The number of allylic oxidation sites excluding steroid dienone is 1. The van der Waals surface area contributed by atoms with Gasteiger partial charge in [-0.3, -0.25) is 4.79 Å². The summed E-state index contributed by atoms with van der Waals surface area (Å²) >= 11 is 0. The second-order valence-electron chi connectivity index (χ2n) is 12.4. The van der Waals surface area contributed by atoms with Crippen LogP contribution in [0.5, 0.6) is 0 Å². The van der Waals surface area contributed by atoms with Crippen LogP contribution in [0, 0.1) is 46.3 Å². The van der Waals surface area contributed by atoms with Gasteiger partial charge in [0.2, 0.25) is 0 Å². The summed E-state index contributed by atoms with van der Waals surface area (Å²) in [5.41, 5.74) is 2.54. The molecule has 170 valence electrons. The molecule has 0 aromatic carbocycles. The molecule has 0 spiro atoms. The molecule has 8 atom stereocenters. The summed E-state index contributed by atoms with van der Waals surface area (Å²) in [6, 6.07) is 0. The van der Waals surface area contributed by atoms with Gasteiger partial charge >= 0.3 is 0 Å². The fourth-order valence-corrected chi connectivity index (χ4v) is 8.85. The van der Waals surface area contributed by atoms with E-state index in [4.69, 9.17) is 4.74 Å². The highest BCUT2D eigenvalue weighted by Gasteiger charge is 2.59. The van der Waals surface area contributed by atoms with Gasteiger partial charge in [-0.15, -0.1) is 0 Å². The van der Waals surface area contributed by atoms with E-state index in [0.717, 1.165) is 48.3 Å². The summed E-state index contributed by atoms with van der Waals surface area (Å²) in [5, 5.41) is 0. The first-order valence-electron chi connectivity index (χ1n) is 13.1. The predicted octanol–water partition coefficient (Wildman–Crippen LogP) is 7.57. The lowest BCUT2D eigenvalue weighted by Gasteiger charge is -2.58. The third-order valence-electron chi connectivity index (χ3n) is 10.5. The summed E-state index contributed by atoms with van der Waals surface area (Å²) < 4.78 is 5.36. The molecule has 3 fully saturated rings. The third kappa shape index (κ3) is 3.79. The SMILES string of the molecule is CC(C)CCC[C@@H](C)[C@H]1CC[C@H]2[C@@H]3CC=C4C[C@@H](OC=O)CC[C@]4(C)[C@@H]3CC[C@]12C. The first-order chi connectivity index (χ1) is 14.3. The Morgan fingerprint density at radius 1 is 1.07 bits per heavy atom. The average Bonchev–Trinajstić information content (AvgIpc) is 3.05. The van der Waals surface area contributed by atoms with E-state index in [9.17, 15) is 4.79 Å². The molecular weight excluding hydrogens is 368 g/mol. The van der Waals surface area contributed by atoms with Gasteiger partial charge in [0.15, 0.2) is 0 Å². The Hall–Kier alpha value is -0.790. The fraction of sp³-hybridized carbons (Fsp3) is 0.893. The molecule has 0 radical (unpaired) electrons. The van der Waals surface area contributed by atoms with Crippen LogP contribution in [0.4, 0.5) is 0 Å². The molecule has 30 heavy (non-hydrogen) atoms. The van der Waals surface area contributed by atoms with Gasteiger partial charge in [0, 0.05) is 6.42 Å². The Labute approximate surface area is 185 Å². The molecule has 0 bridgehead atoms. The standard InChI is InChI=1S/C28H46O2/c1-19(2)7-6-8-20(3)24-11-12-25-23-10-9-21-17-22(30-18-29)13-15-27(21,4)26(23)14-16-28(24,25)5/h9,18-20,22-26H,6-8,10-17H2,1-5H3/t20-,22+,23+,24-,25+,26-,27+,28-/m1/s1. The van der Waals surface area contributed by atoms with Crippen LogP contribution in [0.25, 0.3) is 0 Å². The van der Waals surface area contributed by atoms with Crippen LogP contribution in [-0.4, -0.2) is 12.6 Å². The highest BCUT2D eigenvalue weighted by molar-refractivity contribution is 5.38. The minimum atomic E-state index is 0.120. The molecule has 0 aromatic rings. The van der Waals surface area contributed by atoms with Crippen molar-refractivity contribution in [3.8, 4) is 0 Å². The number of hydrogen-bond donors (Lipinski definition) is 0. The lowest BCUT2D eigenvalue weighted by atomic mass is 9.47. The first kappa shape index (κ1) is 22.4. The molecule has 4 rings (SSSR count). The lowest BCUT2D eigenvalue weighted by molar-refractivity contribution is -0.136. The topological polar surface area (TPSA) is 26.3 Å². The van der Waals surface area contributed by atoms with Crippen molar-refractivity contribution < 1.29 is 9.53 Å². The molecule has 0 aliphatic heterocycles. The second-order valence-corrected chi connectivity index (χ2v) is 12.4. The molecule has 4 aliphatic rings. The Morgan fingerprint density at radius 2 is 1.87 bits per heavy atom. The summed E-state index contributed by atoms with van der Waals surface area (Å²) in [6.07, 6.45) is 17.2. The summed E-state index contributed by atoms with van der Waals surface area (Å²) in [6.45, 7) is 13.2. The van der Waals surface area contributed by atoms with E-state index in [0.29, 0.717) is 17.3 Å². The van der Waals surface area contributed by atoms with Crippen molar-refractivity contribution in [3.05, 3.63) is 11.6 Å². The molecule has 0 heterocycles. The van der Waals surface area contributed by atoms with Crippen molar-refractivity contribution in [2.75, 3.05) is 0 Å². The van der Waals surface area contributed by atoms with E-state index < -0.39 is 0 Å². The summed E-state index contributed by atoms with van der Waals surface area (Å²) in [7, 11) is 0. The van der Waals surface area contributed by atoms with Crippen molar-refractivity contribution >= 4 is 6.47 Å². The molecule has 0 amide bonds. The zero-order valence-corrected chi connectivity index (χ0v) is 20.3. The highest BCUT2D eigenvalue weighted by Crippen LogP contribution is 2.67. The number of ether oxygens (including phenoxy) is 1. The number of carbonyl (C=O) groups is 1.